The lowest BCUT2D eigenvalue weighted by atomic mass is 9.84. The number of hydrogen-bond donors (Lipinski definition) is 2. The number of hydrogen-bond acceptors (Lipinski definition) is 2. The van der Waals surface area contributed by atoms with Crippen LogP contribution in [-0.2, 0) is 0 Å². The van der Waals surface area contributed by atoms with Crippen LogP contribution in [0.25, 0.3) is 0 Å². The SMILES string of the molecule is CCCCCCCC/C=C(\CCCCCCCCO)C(CCCCCCCCC)CCCCCCCCO. The minimum absolute atomic E-state index is 0.354. The zero-order valence-corrected chi connectivity index (χ0v) is 26.5. The average Bonchev–Trinajstić information content (AvgIpc) is 2.93. The molecule has 0 fully saturated rings. The Morgan fingerprint density at radius 3 is 1.26 bits per heavy atom. The number of allylic oxidation sites excluding steroid dienone is 2. The smallest absolute Gasteiger partial charge is 0.0431 e. The van der Waals surface area contributed by atoms with E-state index < -0.39 is 0 Å². The maximum Gasteiger partial charge on any atom is 0.0431 e. The summed E-state index contributed by atoms with van der Waals surface area (Å²) in [5.41, 5.74) is 1.82. The lowest BCUT2D eigenvalue weighted by Gasteiger charge is -2.22. The molecule has 0 heterocycles. The summed E-state index contributed by atoms with van der Waals surface area (Å²) in [5.74, 6) is 0.817. The molecule has 0 bridgehead atoms. The molecular weight excluding hydrogens is 464 g/mol. The van der Waals surface area contributed by atoms with Crippen molar-refractivity contribution >= 4 is 0 Å². The molecule has 2 heteroatoms. The van der Waals surface area contributed by atoms with Gasteiger partial charge in [0.1, 0.15) is 0 Å². The highest BCUT2D eigenvalue weighted by atomic mass is 16.3. The summed E-state index contributed by atoms with van der Waals surface area (Å²) in [6, 6.07) is 0. The van der Waals surface area contributed by atoms with Gasteiger partial charge in [-0.1, -0.05) is 160 Å². The molecule has 0 aliphatic rings. The van der Waals surface area contributed by atoms with Crippen molar-refractivity contribution in [2.24, 2.45) is 5.92 Å². The van der Waals surface area contributed by atoms with Gasteiger partial charge in [0, 0.05) is 13.2 Å². The first-order valence-corrected chi connectivity index (χ1v) is 17.7. The van der Waals surface area contributed by atoms with Crippen LogP contribution < -0.4 is 0 Å². The first-order valence-electron chi connectivity index (χ1n) is 17.7. The Labute approximate surface area is 240 Å². The first kappa shape index (κ1) is 37.7. The lowest BCUT2D eigenvalue weighted by molar-refractivity contribution is 0.282. The van der Waals surface area contributed by atoms with E-state index in [4.69, 9.17) is 10.2 Å². The Bertz CT molecular complexity index is 440. The van der Waals surface area contributed by atoms with Crippen molar-refractivity contribution in [2.75, 3.05) is 13.2 Å². The third kappa shape index (κ3) is 27.2. The van der Waals surface area contributed by atoms with Gasteiger partial charge in [-0.3, -0.25) is 0 Å². The van der Waals surface area contributed by atoms with E-state index in [2.05, 4.69) is 19.9 Å². The second-order valence-corrected chi connectivity index (χ2v) is 12.2. The topological polar surface area (TPSA) is 40.5 Å². The standard InChI is InChI=1S/C36H72O2/c1-3-5-7-9-11-17-23-29-35(31-25-19-13-15-21-27-33-37)36(30-24-18-12-10-8-6-4-2)32-26-20-14-16-22-28-34-38/h29,36-38H,3-28,30-34H2,1-2H3/b35-29+. The third-order valence-electron chi connectivity index (χ3n) is 8.48. The van der Waals surface area contributed by atoms with Gasteiger partial charge in [0.05, 0.1) is 0 Å². The normalized spacial score (nSPS) is 12.9. The molecule has 0 amide bonds. The molecule has 0 aliphatic heterocycles. The molecule has 1 atom stereocenters. The van der Waals surface area contributed by atoms with Gasteiger partial charge >= 0.3 is 0 Å². The van der Waals surface area contributed by atoms with Crippen molar-refractivity contribution in [3.05, 3.63) is 11.6 Å². The molecule has 0 aromatic carbocycles. The van der Waals surface area contributed by atoms with Crippen LogP contribution in [0.3, 0.4) is 0 Å². The summed E-state index contributed by atoms with van der Waals surface area (Å²) < 4.78 is 0. The molecule has 0 spiro atoms. The zero-order valence-electron chi connectivity index (χ0n) is 26.5. The molecule has 228 valence electrons. The number of aliphatic hydroxyl groups is 2. The minimum atomic E-state index is 0.354. The van der Waals surface area contributed by atoms with E-state index in [1.54, 1.807) is 0 Å². The van der Waals surface area contributed by atoms with E-state index in [1.165, 1.54) is 173 Å². The average molecular weight is 537 g/mol. The maximum absolute atomic E-state index is 9.03. The van der Waals surface area contributed by atoms with E-state index >= 15 is 0 Å². The molecular formula is C36H72O2. The quantitative estimate of drug-likeness (QED) is 0.0663. The van der Waals surface area contributed by atoms with Crippen molar-refractivity contribution in [2.45, 2.75) is 200 Å². The van der Waals surface area contributed by atoms with Crippen molar-refractivity contribution in [3.8, 4) is 0 Å². The Morgan fingerprint density at radius 2 is 0.816 bits per heavy atom. The Hall–Kier alpha value is -0.340. The molecule has 0 aromatic heterocycles. The van der Waals surface area contributed by atoms with E-state index in [-0.39, 0.29) is 0 Å². The van der Waals surface area contributed by atoms with Gasteiger partial charge in [-0.05, 0) is 57.3 Å². The van der Waals surface area contributed by atoms with Crippen LogP contribution in [0.1, 0.15) is 200 Å². The van der Waals surface area contributed by atoms with Gasteiger partial charge in [-0.25, -0.2) is 0 Å². The molecule has 0 radical (unpaired) electrons. The van der Waals surface area contributed by atoms with Gasteiger partial charge in [0.15, 0.2) is 0 Å². The molecule has 0 aliphatic carbocycles. The third-order valence-corrected chi connectivity index (χ3v) is 8.48. The summed E-state index contributed by atoms with van der Waals surface area (Å²) in [7, 11) is 0. The van der Waals surface area contributed by atoms with Crippen LogP contribution in [0.2, 0.25) is 0 Å². The summed E-state index contributed by atoms with van der Waals surface area (Å²) in [5, 5.41) is 18.1. The van der Waals surface area contributed by atoms with E-state index in [1.807, 2.05) is 5.57 Å². The Kier molecular flexibility index (Phi) is 32.6. The van der Waals surface area contributed by atoms with Gasteiger partial charge < -0.3 is 10.2 Å². The fourth-order valence-corrected chi connectivity index (χ4v) is 5.91. The molecule has 2 nitrogen and oxygen atoms in total. The largest absolute Gasteiger partial charge is 0.396 e. The van der Waals surface area contributed by atoms with Crippen LogP contribution >= 0.6 is 0 Å². The molecule has 38 heavy (non-hydrogen) atoms. The molecule has 0 aromatic rings. The summed E-state index contributed by atoms with van der Waals surface area (Å²) in [6.45, 7) is 5.33. The molecule has 2 N–H and O–H groups in total. The molecule has 1 unspecified atom stereocenters. The summed E-state index contributed by atoms with van der Waals surface area (Å²) >= 11 is 0. The highest BCUT2D eigenvalue weighted by Gasteiger charge is 2.14. The van der Waals surface area contributed by atoms with Crippen molar-refractivity contribution in [3.63, 3.8) is 0 Å². The Morgan fingerprint density at radius 1 is 0.447 bits per heavy atom. The first-order chi connectivity index (χ1) is 18.8. The highest BCUT2D eigenvalue weighted by molar-refractivity contribution is 5.07. The summed E-state index contributed by atoms with van der Waals surface area (Å²) in [4.78, 5) is 0. The van der Waals surface area contributed by atoms with Crippen molar-refractivity contribution in [1.82, 2.24) is 0 Å². The van der Waals surface area contributed by atoms with Crippen LogP contribution in [0.4, 0.5) is 0 Å². The predicted octanol–water partition coefficient (Wildman–Crippen LogP) is 11.9. The number of rotatable bonds is 32. The second kappa shape index (κ2) is 32.9. The number of unbranched alkanes of at least 4 members (excludes halogenated alkanes) is 22. The lowest BCUT2D eigenvalue weighted by Crippen LogP contribution is -2.06. The minimum Gasteiger partial charge on any atom is -0.396 e. The van der Waals surface area contributed by atoms with Crippen LogP contribution in [-0.4, -0.2) is 23.4 Å². The van der Waals surface area contributed by atoms with Gasteiger partial charge in [-0.15, -0.1) is 0 Å². The van der Waals surface area contributed by atoms with E-state index in [9.17, 15) is 0 Å². The highest BCUT2D eigenvalue weighted by Crippen LogP contribution is 2.30. The maximum atomic E-state index is 9.03. The fraction of sp³-hybridized carbons (Fsp3) is 0.944. The van der Waals surface area contributed by atoms with Crippen molar-refractivity contribution in [1.29, 1.82) is 0 Å². The predicted molar refractivity (Wildman–Crippen MR) is 171 cm³/mol. The molecule has 0 saturated heterocycles. The second-order valence-electron chi connectivity index (χ2n) is 12.2. The van der Waals surface area contributed by atoms with E-state index in [0.717, 1.165) is 18.8 Å². The molecule has 0 saturated carbocycles. The van der Waals surface area contributed by atoms with Gasteiger partial charge in [-0.2, -0.15) is 0 Å². The van der Waals surface area contributed by atoms with Gasteiger partial charge in [0.25, 0.3) is 0 Å². The monoisotopic (exact) mass is 537 g/mol. The number of aliphatic hydroxyl groups excluding tert-OH is 2. The zero-order chi connectivity index (χ0) is 27.8. The molecule has 0 rings (SSSR count). The van der Waals surface area contributed by atoms with Gasteiger partial charge in [0.2, 0.25) is 0 Å². The fourth-order valence-electron chi connectivity index (χ4n) is 5.91. The summed E-state index contributed by atoms with van der Waals surface area (Å²) in [6.07, 6.45) is 41.5. The Balaban J connectivity index is 4.82. The van der Waals surface area contributed by atoms with Crippen LogP contribution in [0, 0.1) is 5.92 Å². The van der Waals surface area contributed by atoms with E-state index in [0.29, 0.717) is 13.2 Å². The van der Waals surface area contributed by atoms with Crippen LogP contribution in [0.5, 0.6) is 0 Å². The van der Waals surface area contributed by atoms with Crippen LogP contribution in [0.15, 0.2) is 11.6 Å². The van der Waals surface area contributed by atoms with Crippen molar-refractivity contribution < 1.29 is 10.2 Å².